The molecule has 0 saturated heterocycles. The van der Waals surface area contributed by atoms with Crippen LogP contribution in [0.4, 0.5) is 5.69 Å². The minimum absolute atomic E-state index is 0.0195. The van der Waals surface area contributed by atoms with Crippen LogP contribution in [-0.2, 0) is 0 Å². The number of nitrogens with zero attached hydrogens (tertiary/aromatic N) is 1. The number of rotatable bonds is 3. The second kappa shape index (κ2) is 4.43. The molecule has 0 radical (unpaired) electrons. The topological polar surface area (TPSA) is 66.6 Å². The fourth-order valence-corrected chi connectivity index (χ4v) is 2.80. The van der Waals surface area contributed by atoms with E-state index in [1.807, 2.05) is 5.38 Å². The molecule has 2 rings (SSSR count). The average molecular weight is 240 g/mol. The van der Waals surface area contributed by atoms with E-state index in [1.165, 1.54) is 11.3 Å². The van der Waals surface area contributed by atoms with Gasteiger partial charge >= 0.3 is 0 Å². The summed E-state index contributed by atoms with van der Waals surface area (Å²) < 4.78 is 0. The van der Waals surface area contributed by atoms with Gasteiger partial charge in [0.25, 0.3) is 5.91 Å². The normalized spacial score (nSPS) is 23.9. The SMILES string of the molecule is CN(CC1CC(O)C1)C(=O)c1sccc1N. The molecule has 0 spiro atoms. The van der Waals surface area contributed by atoms with Gasteiger partial charge < -0.3 is 15.7 Å². The molecule has 1 aromatic rings. The second-order valence-electron chi connectivity index (χ2n) is 4.38. The summed E-state index contributed by atoms with van der Waals surface area (Å²) in [5.41, 5.74) is 6.25. The first kappa shape index (κ1) is 11.4. The lowest BCUT2D eigenvalue weighted by Crippen LogP contribution is -2.39. The molecule has 1 aromatic heterocycles. The summed E-state index contributed by atoms with van der Waals surface area (Å²) in [6.07, 6.45) is 1.44. The summed E-state index contributed by atoms with van der Waals surface area (Å²) >= 11 is 1.37. The van der Waals surface area contributed by atoms with Crippen molar-refractivity contribution >= 4 is 22.9 Å². The van der Waals surface area contributed by atoms with E-state index in [1.54, 1.807) is 18.0 Å². The van der Waals surface area contributed by atoms with E-state index in [4.69, 9.17) is 5.73 Å². The molecule has 0 atom stereocenters. The Balaban J connectivity index is 1.92. The van der Waals surface area contributed by atoms with Crippen LogP contribution >= 0.6 is 11.3 Å². The first-order valence-corrected chi connectivity index (χ1v) is 6.22. The number of thiophene rings is 1. The van der Waals surface area contributed by atoms with Crippen molar-refractivity contribution in [1.29, 1.82) is 0 Å². The van der Waals surface area contributed by atoms with E-state index in [9.17, 15) is 9.90 Å². The van der Waals surface area contributed by atoms with E-state index in [0.29, 0.717) is 23.0 Å². The van der Waals surface area contributed by atoms with Crippen LogP contribution in [-0.4, -0.2) is 35.6 Å². The third-order valence-corrected chi connectivity index (χ3v) is 3.90. The molecule has 1 aliphatic carbocycles. The van der Waals surface area contributed by atoms with Gasteiger partial charge in [-0.1, -0.05) is 0 Å². The van der Waals surface area contributed by atoms with Crippen LogP contribution in [0.15, 0.2) is 11.4 Å². The fraction of sp³-hybridized carbons (Fsp3) is 0.545. The van der Waals surface area contributed by atoms with Crippen LogP contribution in [0.25, 0.3) is 0 Å². The van der Waals surface area contributed by atoms with Crippen molar-refractivity contribution in [2.45, 2.75) is 18.9 Å². The lowest BCUT2D eigenvalue weighted by atomic mass is 9.82. The quantitative estimate of drug-likeness (QED) is 0.833. The smallest absolute Gasteiger partial charge is 0.265 e. The van der Waals surface area contributed by atoms with Gasteiger partial charge in [-0.2, -0.15) is 0 Å². The number of hydrogen-bond donors (Lipinski definition) is 2. The lowest BCUT2D eigenvalue weighted by molar-refractivity contribution is 0.0267. The Bertz CT molecular complexity index is 385. The molecule has 1 aliphatic rings. The van der Waals surface area contributed by atoms with E-state index in [-0.39, 0.29) is 12.0 Å². The monoisotopic (exact) mass is 240 g/mol. The number of aliphatic hydroxyl groups excluding tert-OH is 1. The van der Waals surface area contributed by atoms with Gasteiger partial charge in [-0.15, -0.1) is 11.3 Å². The molecule has 1 amide bonds. The number of amides is 1. The Morgan fingerprint density at radius 1 is 1.69 bits per heavy atom. The Morgan fingerprint density at radius 2 is 2.38 bits per heavy atom. The molecule has 88 valence electrons. The number of anilines is 1. The molecule has 0 aromatic carbocycles. The molecule has 5 heteroatoms. The minimum atomic E-state index is -0.166. The van der Waals surface area contributed by atoms with Crippen LogP contribution in [0.5, 0.6) is 0 Å². The molecule has 1 saturated carbocycles. The van der Waals surface area contributed by atoms with Crippen molar-refractivity contribution in [2.24, 2.45) is 5.92 Å². The second-order valence-corrected chi connectivity index (χ2v) is 5.30. The van der Waals surface area contributed by atoms with Gasteiger partial charge in [0.05, 0.1) is 11.8 Å². The Kier molecular flexibility index (Phi) is 3.16. The Hall–Kier alpha value is -1.07. The number of carbonyl (C=O) groups excluding carboxylic acids is 1. The predicted molar refractivity (Wildman–Crippen MR) is 64.4 cm³/mol. The van der Waals surface area contributed by atoms with Gasteiger partial charge in [-0.3, -0.25) is 4.79 Å². The molecule has 1 heterocycles. The maximum absolute atomic E-state index is 12.0. The molecule has 0 bridgehead atoms. The number of aliphatic hydroxyl groups is 1. The van der Waals surface area contributed by atoms with Gasteiger partial charge in [-0.25, -0.2) is 0 Å². The highest BCUT2D eigenvalue weighted by atomic mass is 32.1. The molecule has 4 nitrogen and oxygen atoms in total. The largest absolute Gasteiger partial charge is 0.397 e. The van der Waals surface area contributed by atoms with Gasteiger partial charge in [0, 0.05) is 13.6 Å². The van der Waals surface area contributed by atoms with Gasteiger partial charge in [0.15, 0.2) is 0 Å². The van der Waals surface area contributed by atoms with Crippen molar-refractivity contribution in [3.8, 4) is 0 Å². The molecule has 0 unspecified atom stereocenters. The van der Waals surface area contributed by atoms with Crippen molar-refractivity contribution in [2.75, 3.05) is 19.3 Å². The van der Waals surface area contributed by atoms with Crippen LogP contribution in [0.2, 0.25) is 0 Å². The van der Waals surface area contributed by atoms with E-state index in [2.05, 4.69) is 0 Å². The lowest BCUT2D eigenvalue weighted by Gasteiger charge is -2.34. The zero-order valence-electron chi connectivity index (χ0n) is 9.22. The standard InChI is InChI=1S/C11H16N2O2S/c1-13(6-7-4-8(14)5-7)11(15)10-9(12)2-3-16-10/h2-3,7-8,14H,4-6,12H2,1H3. The summed E-state index contributed by atoms with van der Waals surface area (Å²) in [5.74, 6) is 0.416. The van der Waals surface area contributed by atoms with Crippen LogP contribution < -0.4 is 5.73 Å². The highest BCUT2D eigenvalue weighted by Gasteiger charge is 2.29. The van der Waals surface area contributed by atoms with Crippen molar-refractivity contribution in [1.82, 2.24) is 4.90 Å². The molecule has 3 N–H and O–H groups in total. The molecule has 1 fully saturated rings. The highest BCUT2D eigenvalue weighted by Crippen LogP contribution is 2.28. The van der Waals surface area contributed by atoms with Crippen LogP contribution in [0.1, 0.15) is 22.5 Å². The van der Waals surface area contributed by atoms with Gasteiger partial charge in [0.1, 0.15) is 4.88 Å². The van der Waals surface area contributed by atoms with E-state index < -0.39 is 0 Å². The maximum Gasteiger partial charge on any atom is 0.265 e. The third kappa shape index (κ3) is 2.20. The Morgan fingerprint density at radius 3 is 2.88 bits per heavy atom. The fourth-order valence-electron chi connectivity index (χ4n) is 1.99. The number of nitrogen functional groups attached to an aromatic ring is 1. The highest BCUT2D eigenvalue weighted by molar-refractivity contribution is 7.12. The molecule has 0 aliphatic heterocycles. The summed E-state index contributed by atoms with van der Waals surface area (Å²) in [7, 11) is 1.78. The van der Waals surface area contributed by atoms with Crippen molar-refractivity contribution in [3.63, 3.8) is 0 Å². The maximum atomic E-state index is 12.0. The summed E-state index contributed by atoms with van der Waals surface area (Å²) in [5, 5.41) is 11.0. The average Bonchev–Trinajstić information content (AvgIpc) is 2.61. The van der Waals surface area contributed by atoms with Crippen LogP contribution in [0.3, 0.4) is 0 Å². The van der Waals surface area contributed by atoms with Crippen molar-refractivity contribution in [3.05, 3.63) is 16.3 Å². The Labute approximate surface area is 98.7 Å². The first-order valence-electron chi connectivity index (χ1n) is 5.34. The number of carbonyl (C=O) groups is 1. The van der Waals surface area contributed by atoms with E-state index >= 15 is 0 Å². The summed E-state index contributed by atoms with van der Waals surface area (Å²) in [4.78, 5) is 14.3. The summed E-state index contributed by atoms with van der Waals surface area (Å²) in [6, 6.07) is 1.75. The number of hydrogen-bond acceptors (Lipinski definition) is 4. The van der Waals surface area contributed by atoms with Crippen LogP contribution in [0, 0.1) is 5.92 Å². The van der Waals surface area contributed by atoms with Gasteiger partial charge in [-0.05, 0) is 30.2 Å². The zero-order valence-corrected chi connectivity index (χ0v) is 10.0. The minimum Gasteiger partial charge on any atom is -0.397 e. The number of nitrogens with two attached hydrogens (primary N) is 1. The first-order chi connectivity index (χ1) is 7.58. The van der Waals surface area contributed by atoms with Gasteiger partial charge in [0.2, 0.25) is 0 Å². The zero-order chi connectivity index (χ0) is 11.7. The summed E-state index contributed by atoms with van der Waals surface area (Å²) in [6.45, 7) is 0.702. The molecular formula is C11H16N2O2S. The third-order valence-electron chi connectivity index (χ3n) is 2.98. The predicted octanol–water partition coefficient (Wildman–Crippen LogP) is 1.17. The van der Waals surface area contributed by atoms with Crippen molar-refractivity contribution < 1.29 is 9.90 Å². The molecular weight excluding hydrogens is 224 g/mol. The van der Waals surface area contributed by atoms with E-state index in [0.717, 1.165) is 12.8 Å². The molecule has 16 heavy (non-hydrogen) atoms.